The van der Waals surface area contributed by atoms with Crippen LogP contribution in [0.15, 0.2) is 12.1 Å². The molecule has 1 fully saturated rings. The highest BCUT2D eigenvalue weighted by molar-refractivity contribution is 7.11. The van der Waals surface area contributed by atoms with Crippen molar-refractivity contribution in [1.29, 1.82) is 0 Å². The molecular weight excluding hydrogens is 208 g/mol. The molecule has 0 radical (unpaired) electrons. The fraction of sp³-hybridized carbons (Fsp3) is 0.636. The van der Waals surface area contributed by atoms with Crippen molar-refractivity contribution in [2.75, 3.05) is 19.6 Å². The summed E-state index contributed by atoms with van der Waals surface area (Å²) in [5, 5.41) is 16.2. The zero-order valence-corrected chi connectivity index (χ0v) is 9.81. The number of hydrogen-bond donors (Lipinski definition) is 3. The monoisotopic (exact) mass is 226 g/mol. The molecule has 2 rings (SSSR count). The lowest BCUT2D eigenvalue weighted by atomic mass is 10.1. The summed E-state index contributed by atoms with van der Waals surface area (Å²) >= 11 is 1.83. The topological polar surface area (TPSA) is 44.3 Å². The van der Waals surface area contributed by atoms with Crippen LogP contribution in [0.3, 0.4) is 0 Å². The van der Waals surface area contributed by atoms with Crippen molar-refractivity contribution in [3.05, 3.63) is 21.9 Å². The predicted octanol–water partition coefficient (Wildman–Crippen LogP) is 0.726. The minimum absolute atomic E-state index is 0.178. The maximum absolute atomic E-state index is 9.59. The number of thiophene rings is 1. The summed E-state index contributed by atoms with van der Waals surface area (Å²) in [6.45, 7) is 5.60. The zero-order valence-electron chi connectivity index (χ0n) is 8.99. The van der Waals surface area contributed by atoms with Crippen molar-refractivity contribution in [3.63, 3.8) is 0 Å². The minimum atomic E-state index is -0.178. The van der Waals surface area contributed by atoms with Gasteiger partial charge >= 0.3 is 0 Å². The molecule has 0 aromatic carbocycles. The van der Waals surface area contributed by atoms with E-state index in [1.54, 1.807) is 0 Å². The Morgan fingerprint density at radius 1 is 1.53 bits per heavy atom. The van der Waals surface area contributed by atoms with Gasteiger partial charge in [0.1, 0.15) is 0 Å². The van der Waals surface area contributed by atoms with Crippen molar-refractivity contribution < 1.29 is 5.11 Å². The molecule has 0 aliphatic carbocycles. The summed E-state index contributed by atoms with van der Waals surface area (Å²) in [4.78, 5) is 2.72. The van der Waals surface area contributed by atoms with Crippen LogP contribution in [0.25, 0.3) is 0 Å². The average Bonchev–Trinajstić information content (AvgIpc) is 2.77. The molecule has 1 saturated heterocycles. The Labute approximate surface area is 94.5 Å². The highest BCUT2D eigenvalue weighted by Crippen LogP contribution is 2.15. The number of aliphatic hydroxyl groups is 1. The van der Waals surface area contributed by atoms with E-state index in [-0.39, 0.29) is 6.10 Å². The second kappa shape index (κ2) is 5.07. The summed E-state index contributed by atoms with van der Waals surface area (Å²) in [5.41, 5.74) is 0. The number of hydrogen-bond acceptors (Lipinski definition) is 4. The summed E-state index contributed by atoms with van der Waals surface area (Å²) in [6, 6.07) is 4.31. The van der Waals surface area contributed by atoms with Crippen molar-refractivity contribution in [1.82, 2.24) is 10.6 Å². The van der Waals surface area contributed by atoms with E-state index in [0.717, 1.165) is 26.2 Å². The first-order valence-corrected chi connectivity index (χ1v) is 6.22. The van der Waals surface area contributed by atoms with E-state index >= 15 is 0 Å². The summed E-state index contributed by atoms with van der Waals surface area (Å²) < 4.78 is 0. The summed E-state index contributed by atoms with van der Waals surface area (Å²) in [7, 11) is 0. The first-order chi connectivity index (χ1) is 7.25. The molecule has 0 amide bonds. The molecule has 3 N–H and O–H groups in total. The van der Waals surface area contributed by atoms with Gasteiger partial charge in [-0.1, -0.05) is 0 Å². The molecule has 4 heteroatoms. The van der Waals surface area contributed by atoms with Gasteiger partial charge in [0, 0.05) is 41.9 Å². The van der Waals surface area contributed by atoms with Gasteiger partial charge in [0.25, 0.3) is 0 Å². The van der Waals surface area contributed by atoms with Crippen molar-refractivity contribution in [2.24, 2.45) is 5.92 Å². The van der Waals surface area contributed by atoms with Gasteiger partial charge in [0.05, 0.1) is 6.10 Å². The van der Waals surface area contributed by atoms with Crippen LogP contribution in [0.2, 0.25) is 0 Å². The van der Waals surface area contributed by atoms with Crippen molar-refractivity contribution in [3.8, 4) is 0 Å². The van der Waals surface area contributed by atoms with Gasteiger partial charge in [0.15, 0.2) is 0 Å². The lowest BCUT2D eigenvalue weighted by molar-refractivity contribution is 0.146. The molecule has 0 bridgehead atoms. The Hall–Kier alpha value is -0.420. The van der Waals surface area contributed by atoms with Crippen LogP contribution in [0.4, 0.5) is 0 Å². The van der Waals surface area contributed by atoms with Crippen LogP contribution in [-0.4, -0.2) is 30.8 Å². The number of rotatable bonds is 4. The van der Waals surface area contributed by atoms with Crippen molar-refractivity contribution >= 4 is 11.3 Å². The smallest absolute Gasteiger partial charge is 0.0716 e. The van der Waals surface area contributed by atoms with E-state index in [9.17, 15) is 5.11 Å². The van der Waals surface area contributed by atoms with E-state index in [1.165, 1.54) is 9.75 Å². The molecule has 2 heterocycles. The molecule has 1 aliphatic rings. The van der Waals surface area contributed by atoms with E-state index in [1.807, 2.05) is 11.3 Å². The number of nitrogens with one attached hydrogen (secondary N) is 2. The van der Waals surface area contributed by atoms with Gasteiger partial charge in [-0.25, -0.2) is 0 Å². The van der Waals surface area contributed by atoms with E-state index in [4.69, 9.17) is 0 Å². The van der Waals surface area contributed by atoms with Crippen molar-refractivity contribution in [2.45, 2.75) is 19.6 Å². The minimum Gasteiger partial charge on any atom is -0.391 e. The highest BCUT2D eigenvalue weighted by atomic mass is 32.1. The SMILES string of the molecule is Cc1ccc(CNCC2CNCC2O)s1. The van der Waals surface area contributed by atoms with Gasteiger partial charge in [-0.2, -0.15) is 0 Å². The van der Waals surface area contributed by atoms with Crippen LogP contribution in [0.1, 0.15) is 9.75 Å². The van der Waals surface area contributed by atoms with Crippen LogP contribution in [-0.2, 0) is 6.54 Å². The first-order valence-electron chi connectivity index (χ1n) is 5.40. The van der Waals surface area contributed by atoms with Gasteiger partial charge in [0.2, 0.25) is 0 Å². The van der Waals surface area contributed by atoms with Crippen LogP contribution in [0.5, 0.6) is 0 Å². The molecule has 1 aromatic heterocycles. The van der Waals surface area contributed by atoms with Crippen LogP contribution >= 0.6 is 11.3 Å². The highest BCUT2D eigenvalue weighted by Gasteiger charge is 2.23. The molecular formula is C11H18N2OS. The largest absolute Gasteiger partial charge is 0.391 e. The normalized spacial score (nSPS) is 26.0. The molecule has 2 atom stereocenters. The third kappa shape index (κ3) is 3.01. The van der Waals surface area contributed by atoms with Crippen LogP contribution < -0.4 is 10.6 Å². The van der Waals surface area contributed by atoms with E-state index in [2.05, 4.69) is 29.7 Å². The number of aryl methyl sites for hydroxylation is 1. The Morgan fingerprint density at radius 3 is 3.00 bits per heavy atom. The Kier molecular flexibility index (Phi) is 3.75. The number of aliphatic hydroxyl groups excluding tert-OH is 1. The molecule has 0 saturated carbocycles. The van der Waals surface area contributed by atoms with E-state index in [0.29, 0.717) is 5.92 Å². The van der Waals surface area contributed by atoms with Crippen LogP contribution in [0, 0.1) is 12.8 Å². The fourth-order valence-corrected chi connectivity index (χ4v) is 2.75. The standard InChI is InChI=1S/C11H18N2OS/c1-8-2-3-10(15-8)6-12-4-9-5-13-7-11(9)14/h2-3,9,11-14H,4-7H2,1H3. The molecule has 0 spiro atoms. The van der Waals surface area contributed by atoms with E-state index < -0.39 is 0 Å². The lowest BCUT2D eigenvalue weighted by Crippen LogP contribution is -2.29. The quantitative estimate of drug-likeness (QED) is 0.709. The molecule has 3 nitrogen and oxygen atoms in total. The average molecular weight is 226 g/mol. The summed E-state index contributed by atoms with van der Waals surface area (Å²) in [5.74, 6) is 0.367. The Balaban J connectivity index is 1.70. The fourth-order valence-electron chi connectivity index (χ4n) is 1.89. The molecule has 1 aromatic rings. The molecule has 2 unspecified atom stereocenters. The van der Waals surface area contributed by atoms with Gasteiger partial charge in [-0.05, 0) is 19.1 Å². The molecule has 15 heavy (non-hydrogen) atoms. The van der Waals surface area contributed by atoms with Gasteiger partial charge < -0.3 is 15.7 Å². The molecule has 84 valence electrons. The molecule has 1 aliphatic heterocycles. The maximum Gasteiger partial charge on any atom is 0.0716 e. The second-order valence-corrected chi connectivity index (χ2v) is 5.50. The third-order valence-corrected chi connectivity index (χ3v) is 3.81. The lowest BCUT2D eigenvalue weighted by Gasteiger charge is -2.13. The van der Waals surface area contributed by atoms with Gasteiger partial charge in [-0.15, -0.1) is 11.3 Å². The third-order valence-electron chi connectivity index (χ3n) is 2.81. The second-order valence-electron chi connectivity index (χ2n) is 4.13. The van der Waals surface area contributed by atoms with Gasteiger partial charge in [-0.3, -0.25) is 0 Å². The number of β-amino-alcohol motifs (C(OH)–C–C–N with tert-alkyl or cyclic N) is 1. The zero-order chi connectivity index (χ0) is 10.7. The maximum atomic E-state index is 9.59. The summed E-state index contributed by atoms with van der Waals surface area (Å²) in [6.07, 6.45) is -0.178. The predicted molar refractivity (Wildman–Crippen MR) is 63.1 cm³/mol. The Morgan fingerprint density at radius 2 is 2.40 bits per heavy atom. The first kappa shape index (κ1) is 11.1. The Bertz CT molecular complexity index is 313.